The number of ether oxygens (including phenoxy) is 3. The molecule has 0 spiro atoms. The molecule has 1 atom stereocenters. The molecule has 2 aromatic carbocycles. The molecule has 1 saturated heterocycles. The highest BCUT2D eigenvalue weighted by molar-refractivity contribution is 7.91. The Bertz CT molecular complexity index is 1350. The van der Waals surface area contributed by atoms with E-state index in [2.05, 4.69) is 5.32 Å². The zero-order valence-electron chi connectivity index (χ0n) is 18.1. The predicted molar refractivity (Wildman–Crippen MR) is 121 cm³/mol. The number of amides is 1. The lowest BCUT2D eigenvalue weighted by Crippen LogP contribution is -2.38. The van der Waals surface area contributed by atoms with Gasteiger partial charge in [-0.05, 0) is 49.7 Å². The molecular weight excluding hydrogens is 450 g/mol. The van der Waals surface area contributed by atoms with Crippen LogP contribution in [0.5, 0.6) is 23.0 Å². The monoisotopic (exact) mass is 473 g/mol. The Kier molecular flexibility index (Phi) is 6.28. The maximum absolute atomic E-state index is 12.9. The molecule has 1 aliphatic rings. The van der Waals surface area contributed by atoms with Gasteiger partial charge in [-0.1, -0.05) is 0 Å². The quantitative estimate of drug-likeness (QED) is 0.556. The van der Waals surface area contributed by atoms with Crippen LogP contribution in [0.1, 0.15) is 12.2 Å². The maximum Gasteiger partial charge on any atom is 0.258 e. The number of hydrogen-bond donors (Lipinski definition) is 1. The summed E-state index contributed by atoms with van der Waals surface area (Å²) in [7, 11) is -1.52. The molecule has 1 amide bonds. The van der Waals surface area contributed by atoms with Gasteiger partial charge in [0.2, 0.25) is 11.2 Å². The fraction of sp³-hybridized carbons (Fsp3) is 0.304. The first-order valence-electron chi connectivity index (χ1n) is 10.3. The Hall–Kier alpha value is -3.53. The molecule has 0 bridgehead atoms. The van der Waals surface area contributed by atoms with E-state index >= 15 is 0 Å². The Morgan fingerprint density at radius 3 is 2.48 bits per heavy atom. The van der Waals surface area contributed by atoms with Gasteiger partial charge in [-0.15, -0.1) is 0 Å². The molecule has 1 aromatic heterocycles. The van der Waals surface area contributed by atoms with Gasteiger partial charge in [0.05, 0.1) is 24.0 Å². The highest BCUT2D eigenvalue weighted by Crippen LogP contribution is 2.28. The number of fused-ring (bicyclic) bond motifs is 1. The molecule has 0 radical (unpaired) electrons. The van der Waals surface area contributed by atoms with Crippen molar-refractivity contribution in [2.24, 2.45) is 0 Å². The van der Waals surface area contributed by atoms with Crippen molar-refractivity contribution in [3.8, 4) is 23.0 Å². The third-order valence-electron chi connectivity index (χ3n) is 5.23. The predicted octanol–water partition coefficient (Wildman–Crippen LogP) is 2.58. The maximum atomic E-state index is 12.9. The lowest BCUT2D eigenvalue weighted by atomic mass is 10.2. The van der Waals surface area contributed by atoms with Crippen LogP contribution in [0, 0.1) is 6.92 Å². The third-order valence-corrected chi connectivity index (χ3v) is 7.00. The lowest BCUT2D eigenvalue weighted by Gasteiger charge is -2.12. The number of methoxy groups -OCH3 is 1. The highest BCUT2D eigenvalue weighted by Gasteiger charge is 2.28. The number of rotatable bonds is 7. The fourth-order valence-electron chi connectivity index (χ4n) is 3.56. The Labute approximate surface area is 190 Å². The van der Waals surface area contributed by atoms with Crippen LogP contribution in [0.3, 0.4) is 0 Å². The van der Waals surface area contributed by atoms with Gasteiger partial charge in [0.1, 0.15) is 28.6 Å². The highest BCUT2D eigenvalue weighted by atomic mass is 32.2. The molecule has 3 aromatic rings. The molecule has 33 heavy (non-hydrogen) atoms. The van der Waals surface area contributed by atoms with E-state index in [4.69, 9.17) is 18.6 Å². The molecule has 1 aliphatic heterocycles. The van der Waals surface area contributed by atoms with Gasteiger partial charge >= 0.3 is 0 Å². The molecule has 2 heterocycles. The summed E-state index contributed by atoms with van der Waals surface area (Å²) >= 11 is 0. The van der Waals surface area contributed by atoms with Gasteiger partial charge in [0.25, 0.3) is 5.91 Å². The van der Waals surface area contributed by atoms with Crippen molar-refractivity contribution in [1.82, 2.24) is 5.32 Å². The van der Waals surface area contributed by atoms with E-state index < -0.39 is 21.8 Å². The number of aryl methyl sites for hydroxylation is 1. The first-order chi connectivity index (χ1) is 15.7. The second-order valence-corrected chi connectivity index (χ2v) is 9.94. The van der Waals surface area contributed by atoms with Crippen LogP contribution in [0.4, 0.5) is 0 Å². The Morgan fingerprint density at radius 1 is 1.12 bits per heavy atom. The van der Waals surface area contributed by atoms with Gasteiger partial charge in [-0.3, -0.25) is 9.59 Å². The van der Waals surface area contributed by atoms with Gasteiger partial charge < -0.3 is 23.9 Å². The molecule has 0 unspecified atom stereocenters. The smallest absolute Gasteiger partial charge is 0.258 e. The molecular formula is C23H23NO8S. The summed E-state index contributed by atoms with van der Waals surface area (Å²) in [6, 6.07) is 11.0. The van der Waals surface area contributed by atoms with Crippen molar-refractivity contribution in [2.75, 3.05) is 25.2 Å². The van der Waals surface area contributed by atoms with Crippen LogP contribution in [0.25, 0.3) is 11.0 Å². The lowest BCUT2D eigenvalue weighted by molar-refractivity contribution is -0.123. The Morgan fingerprint density at radius 2 is 1.82 bits per heavy atom. The summed E-state index contributed by atoms with van der Waals surface area (Å²) in [5.41, 5.74) is -0.0457. The van der Waals surface area contributed by atoms with Crippen LogP contribution in [-0.4, -0.2) is 45.6 Å². The van der Waals surface area contributed by atoms with Crippen molar-refractivity contribution in [3.63, 3.8) is 0 Å². The number of nitrogens with one attached hydrogen (secondary N) is 1. The van der Waals surface area contributed by atoms with Gasteiger partial charge in [0.15, 0.2) is 16.4 Å². The minimum absolute atomic E-state index is 0.0555. The van der Waals surface area contributed by atoms with Gasteiger partial charge in [-0.2, -0.15) is 0 Å². The van der Waals surface area contributed by atoms with Crippen molar-refractivity contribution in [3.05, 3.63) is 58.4 Å². The normalized spacial score (nSPS) is 17.0. The molecule has 1 fully saturated rings. The summed E-state index contributed by atoms with van der Waals surface area (Å²) in [6.45, 7) is 1.33. The number of carbonyl (C=O) groups excluding carboxylic acids is 1. The van der Waals surface area contributed by atoms with E-state index in [1.54, 1.807) is 44.4 Å². The standard InChI is InChI=1S/C23H23NO8S/c1-14-23(32-17-5-3-16(29-2)4-6-17)22(26)19-8-7-18(11-20(19)31-14)30-12-21(25)24-15-9-10-33(27,28)13-15/h3-8,11,15H,9-10,12-13H2,1-2H3,(H,24,25)/t15-/m1/s1. The van der Waals surface area contributed by atoms with Crippen molar-refractivity contribution in [2.45, 2.75) is 19.4 Å². The summed E-state index contributed by atoms with van der Waals surface area (Å²) in [4.78, 5) is 25.0. The number of carbonyl (C=O) groups is 1. The van der Waals surface area contributed by atoms with E-state index in [0.29, 0.717) is 40.4 Å². The van der Waals surface area contributed by atoms with Crippen molar-refractivity contribution < 1.29 is 31.8 Å². The zero-order chi connectivity index (χ0) is 23.6. The number of hydrogen-bond acceptors (Lipinski definition) is 8. The van der Waals surface area contributed by atoms with E-state index in [9.17, 15) is 18.0 Å². The molecule has 10 heteroatoms. The molecule has 0 aliphatic carbocycles. The first kappa shape index (κ1) is 22.7. The molecule has 4 rings (SSSR count). The summed E-state index contributed by atoms with van der Waals surface area (Å²) in [5, 5.41) is 2.96. The second kappa shape index (κ2) is 9.14. The van der Waals surface area contributed by atoms with Gasteiger partial charge in [0, 0.05) is 12.1 Å². The second-order valence-electron chi connectivity index (χ2n) is 7.71. The molecule has 9 nitrogen and oxygen atoms in total. The fourth-order valence-corrected chi connectivity index (χ4v) is 5.24. The SMILES string of the molecule is COc1ccc(Oc2c(C)oc3cc(OCC(=O)N[C@@H]4CCS(=O)(=O)C4)ccc3c2=O)cc1. The largest absolute Gasteiger partial charge is 0.497 e. The van der Waals surface area contributed by atoms with Crippen LogP contribution in [0.2, 0.25) is 0 Å². The van der Waals surface area contributed by atoms with Crippen LogP contribution >= 0.6 is 0 Å². The average Bonchev–Trinajstić information content (AvgIpc) is 3.13. The Balaban J connectivity index is 1.46. The van der Waals surface area contributed by atoms with Crippen LogP contribution in [-0.2, 0) is 14.6 Å². The van der Waals surface area contributed by atoms with E-state index in [-0.39, 0.29) is 29.3 Å². The topological polar surface area (TPSA) is 121 Å². The molecule has 1 N–H and O–H groups in total. The van der Waals surface area contributed by atoms with Gasteiger partial charge in [-0.25, -0.2) is 8.42 Å². The third kappa shape index (κ3) is 5.28. The summed E-state index contributed by atoms with van der Waals surface area (Å²) < 4.78 is 45.1. The first-order valence-corrected chi connectivity index (χ1v) is 12.1. The minimum atomic E-state index is -3.08. The molecule has 0 saturated carbocycles. The van der Waals surface area contributed by atoms with E-state index in [0.717, 1.165) is 0 Å². The van der Waals surface area contributed by atoms with Crippen molar-refractivity contribution in [1.29, 1.82) is 0 Å². The minimum Gasteiger partial charge on any atom is -0.497 e. The molecule has 174 valence electrons. The summed E-state index contributed by atoms with van der Waals surface area (Å²) in [5.74, 6) is 1.44. The number of benzene rings is 2. The summed E-state index contributed by atoms with van der Waals surface area (Å²) in [6.07, 6.45) is 0.398. The van der Waals surface area contributed by atoms with Crippen LogP contribution < -0.4 is 25.0 Å². The van der Waals surface area contributed by atoms with Crippen molar-refractivity contribution >= 4 is 26.7 Å². The van der Waals surface area contributed by atoms with Crippen LogP contribution in [0.15, 0.2) is 51.7 Å². The van der Waals surface area contributed by atoms with E-state index in [1.165, 1.54) is 12.1 Å². The van der Waals surface area contributed by atoms with E-state index in [1.807, 2.05) is 0 Å². The average molecular weight is 474 g/mol. The number of sulfone groups is 1. The zero-order valence-corrected chi connectivity index (χ0v) is 18.9.